The highest BCUT2D eigenvalue weighted by molar-refractivity contribution is 5.82. The monoisotopic (exact) mass is 318 g/mol. The van der Waals surface area contributed by atoms with E-state index in [4.69, 9.17) is 10.5 Å². The summed E-state index contributed by atoms with van der Waals surface area (Å²) in [5.74, 6) is -0.275. The van der Waals surface area contributed by atoms with Crippen LogP contribution in [-0.2, 0) is 11.3 Å². The van der Waals surface area contributed by atoms with Crippen molar-refractivity contribution in [1.82, 2.24) is 5.32 Å². The van der Waals surface area contributed by atoms with Crippen LogP contribution in [0.1, 0.15) is 26.3 Å². The number of nitrogens with two attached hydrogens (primary N) is 1. The lowest BCUT2D eigenvalue weighted by atomic mass is 9.87. The molecule has 0 aliphatic rings. The smallest absolute Gasteiger partial charge is 0.422 e. The van der Waals surface area contributed by atoms with Crippen molar-refractivity contribution in [1.29, 1.82) is 0 Å². The van der Waals surface area contributed by atoms with E-state index < -0.39 is 24.2 Å². The molecule has 1 amide bonds. The van der Waals surface area contributed by atoms with Gasteiger partial charge in [-0.2, -0.15) is 13.2 Å². The average molecular weight is 318 g/mol. The molecule has 0 aliphatic carbocycles. The van der Waals surface area contributed by atoms with Crippen LogP contribution in [0.15, 0.2) is 24.3 Å². The Bertz CT molecular complexity index is 510. The number of hydrogen-bond acceptors (Lipinski definition) is 3. The summed E-state index contributed by atoms with van der Waals surface area (Å²) >= 11 is 0. The molecule has 7 heteroatoms. The number of para-hydroxylation sites is 1. The van der Waals surface area contributed by atoms with Gasteiger partial charge in [-0.15, -0.1) is 0 Å². The number of rotatable bonds is 5. The second kappa shape index (κ2) is 7.00. The van der Waals surface area contributed by atoms with Crippen LogP contribution in [0.2, 0.25) is 0 Å². The molecule has 0 spiro atoms. The lowest BCUT2D eigenvalue weighted by Gasteiger charge is -2.26. The Morgan fingerprint density at radius 3 is 2.41 bits per heavy atom. The summed E-state index contributed by atoms with van der Waals surface area (Å²) in [5, 5.41) is 2.62. The number of alkyl halides is 3. The molecule has 0 bridgehead atoms. The Morgan fingerprint density at radius 1 is 1.27 bits per heavy atom. The SMILES string of the molecule is CC(C)(C)[C@H](N)C(=O)NCc1ccccc1OCC(F)(F)F. The van der Waals surface area contributed by atoms with Crippen LogP contribution in [0, 0.1) is 5.41 Å². The summed E-state index contributed by atoms with van der Waals surface area (Å²) in [6, 6.07) is 5.53. The maximum atomic E-state index is 12.2. The number of nitrogens with one attached hydrogen (secondary N) is 1. The van der Waals surface area contributed by atoms with Crippen LogP contribution >= 0.6 is 0 Å². The van der Waals surface area contributed by atoms with Crippen LogP contribution < -0.4 is 15.8 Å². The molecule has 1 rings (SSSR count). The Balaban J connectivity index is 2.68. The molecule has 1 aromatic carbocycles. The lowest BCUT2D eigenvalue weighted by Crippen LogP contribution is -2.48. The van der Waals surface area contributed by atoms with Gasteiger partial charge in [0.2, 0.25) is 5.91 Å². The van der Waals surface area contributed by atoms with Gasteiger partial charge in [0.25, 0.3) is 0 Å². The highest BCUT2D eigenvalue weighted by Crippen LogP contribution is 2.22. The highest BCUT2D eigenvalue weighted by atomic mass is 19.4. The number of amides is 1. The Morgan fingerprint density at radius 2 is 1.86 bits per heavy atom. The zero-order chi connectivity index (χ0) is 17.0. The quantitative estimate of drug-likeness (QED) is 0.877. The van der Waals surface area contributed by atoms with Crippen molar-refractivity contribution in [2.24, 2.45) is 11.1 Å². The summed E-state index contributed by atoms with van der Waals surface area (Å²) < 4.78 is 41.4. The minimum atomic E-state index is -4.41. The molecule has 22 heavy (non-hydrogen) atoms. The van der Waals surface area contributed by atoms with Crippen LogP contribution in [0.5, 0.6) is 5.75 Å². The third-order valence-electron chi connectivity index (χ3n) is 3.03. The van der Waals surface area contributed by atoms with Gasteiger partial charge >= 0.3 is 6.18 Å². The molecule has 0 heterocycles. The molecule has 4 nitrogen and oxygen atoms in total. The number of carbonyl (C=O) groups excluding carboxylic acids is 1. The summed E-state index contributed by atoms with van der Waals surface area (Å²) in [5.41, 5.74) is 5.87. The van der Waals surface area contributed by atoms with E-state index in [0.717, 1.165) is 0 Å². The number of hydrogen-bond donors (Lipinski definition) is 2. The molecule has 124 valence electrons. The summed E-state index contributed by atoms with van der Waals surface area (Å²) in [4.78, 5) is 11.9. The first-order valence-corrected chi connectivity index (χ1v) is 6.81. The molecule has 0 saturated heterocycles. The van der Waals surface area contributed by atoms with Crippen molar-refractivity contribution in [2.45, 2.75) is 39.5 Å². The van der Waals surface area contributed by atoms with Gasteiger partial charge in [0, 0.05) is 12.1 Å². The van der Waals surface area contributed by atoms with Gasteiger partial charge in [0.15, 0.2) is 6.61 Å². The van der Waals surface area contributed by atoms with Gasteiger partial charge in [0.1, 0.15) is 5.75 Å². The van der Waals surface area contributed by atoms with E-state index in [2.05, 4.69) is 5.32 Å². The largest absolute Gasteiger partial charge is 0.484 e. The second-order valence-electron chi connectivity index (χ2n) is 6.07. The van der Waals surface area contributed by atoms with Gasteiger partial charge in [-0.3, -0.25) is 4.79 Å². The van der Waals surface area contributed by atoms with E-state index >= 15 is 0 Å². The number of benzene rings is 1. The van der Waals surface area contributed by atoms with Crippen molar-refractivity contribution in [3.63, 3.8) is 0 Å². The maximum absolute atomic E-state index is 12.2. The normalized spacial score (nSPS) is 13.6. The van der Waals surface area contributed by atoms with Crippen molar-refractivity contribution in [2.75, 3.05) is 6.61 Å². The first kappa shape index (κ1) is 18.3. The average Bonchev–Trinajstić information content (AvgIpc) is 2.40. The molecule has 3 N–H and O–H groups in total. The minimum Gasteiger partial charge on any atom is -0.484 e. The third kappa shape index (κ3) is 5.93. The van der Waals surface area contributed by atoms with Crippen LogP contribution in [0.3, 0.4) is 0 Å². The molecule has 0 aromatic heterocycles. The molecule has 0 unspecified atom stereocenters. The van der Waals surface area contributed by atoms with E-state index in [0.29, 0.717) is 5.56 Å². The first-order valence-electron chi connectivity index (χ1n) is 6.81. The fourth-order valence-electron chi connectivity index (χ4n) is 1.64. The zero-order valence-corrected chi connectivity index (χ0v) is 12.8. The molecule has 0 saturated carbocycles. The van der Waals surface area contributed by atoms with Gasteiger partial charge in [-0.25, -0.2) is 0 Å². The molecule has 1 atom stereocenters. The van der Waals surface area contributed by atoms with E-state index in [9.17, 15) is 18.0 Å². The van der Waals surface area contributed by atoms with Crippen molar-refractivity contribution >= 4 is 5.91 Å². The van der Waals surface area contributed by atoms with Crippen molar-refractivity contribution in [3.05, 3.63) is 29.8 Å². The summed E-state index contributed by atoms with van der Waals surface area (Å²) in [7, 11) is 0. The summed E-state index contributed by atoms with van der Waals surface area (Å²) in [6.07, 6.45) is -4.41. The third-order valence-corrected chi connectivity index (χ3v) is 3.03. The zero-order valence-electron chi connectivity index (χ0n) is 12.8. The Hall–Kier alpha value is -1.76. The van der Waals surface area contributed by atoms with Crippen molar-refractivity contribution in [3.8, 4) is 5.75 Å². The number of halogens is 3. The summed E-state index contributed by atoms with van der Waals surface area (Å²) in [6.45, 7) is 4.17. The molecular weight excluding hydrogens is 297 g/mol. The number of ether oxygens (including phenoxy) is 1. The standard InChI is InChI=1S/C15H21F3N2O2/c1-14(2,3)12(19)13(21)20-8-10-6-4-5-7-11(10)22-9-15(16,17)18/h4-7,12H,8-9,19H2,1-3H3,(H,20,21)/t12-/m1/s1. The topological polar surface area (TPSA) is 64.4 Å². The predicted molar refractivity (Wildman–Crippen MR) is 77.3 cm³/mol. The van der Waals surface area contributed by atoms with E-state index in [1.54, 1.807) is 18.2 Å². The lowest BCUT2D eigenvalue weighted by molar-refractivity contribution is -0.153. The van der Waals surface area contributed by atoms with Gasteiger partial charge < -0.3 is 15.8 Å². The maximum Gasteiger partial charge on any atom is 0.422 e. The van der Waals surface area contributed by atoms with Crippen LogP contribution in [-0.4, -0.2) is 24.7 Å². The molecule has 1 aromatic rings. The Kier molecular flexibility index (Phi) is 5.82. The van der Waals surface area contributed by atoms with E-state index in [1.807, 2.05) is 20.8 Å². The minimum absolute atomic E-state index is 0.0522. The van der Waals surface area contributed by atoms with Crippen molar-refractivity contribution < 1.29 is 22.7 Å². The van der Waals surface area contributed by atoms with Crippen LogP contribution in [0.25, 0.3) is 0 Å². The van der Waals surface area contributed by atoms with E-state index in [1.165, 1.54) is 6.07 Å². The van der Waals surface area contributed by atoms with E-state index in [-0.39, 0.29) is 18.2 Å². The van der Waals surface area contributed by atoms with Gasteiger partial charge in [0.05, 0.1) is 6.04 Å². The highest BCUT2D eigenvalue weighted by Gasteiger charge is 2.29. The van der Waals surface area contributed by atoms with Gasteiger partial charge in [-0.1, -0.05) is 39.0 Å². The molecular formula is C15H21F3N2O2. The fraction of sp³-hybridized carbons (Fsp3) is 0.533. The van der Waals surface area contributed by atoms with Gasteiger partial charge in [-0.05, 0) is 11.5 Å². The molecule has 0 aliphatic heterocycles. The Labute approximate surface area is 127 Å². The number of carbonyl (C=O) groups is 1. The second-order valence-corrected chi connectivity index (χ2v) is 6.07. The molecule has 0 fully saturated rings. The predicted octanol–water partition coefficient (Wildman–Crippen LogP) is 2.62. The first-order chi connectivity index (χ1) is 10.0. The fourth-order valence-corrected chi connectivity index (χ4v) is 1.64. The molecule has 0 radical (unpaired) electrons. The van der Waals surface area contributed by atoms with Crippen LogP contribution in [0.4, 0.5) is 13.2 Å².